The number of aldehydes is 1. The molecule has 1 fully saturated rings. The van der Waals surface area contributed by atoms with Crippen LogP contribution in [0, 0.1) is 0 Å². The number of carbonyl (C=O) groups is 3. The molecular weight excluding hydrogens is 348 g/mol. The third-order valence-corrected chi connectivity index (χ3v) is 4.79. The first kappa shape index (κ1) is 20.9. The van der Waals surface area contributed by atoms with Crippen molar-refractivity contribution in [3.63, 3.8) is 0 Å². The number of rotatable bonds is 11. The molecule has 0 unspecified atom stereocenters. The van der Waals surface area contributed by atoms with E-state index in [9.17, 15) is 14.4 Å². The van der Waals surface area contributed by atoms with Gasteiger partial charge in [-0.1, -0.05) is 36.8 Å². The Hall–Kier alpha value is -2.45. The summed E-state index contributed by atoms with van der Waals surface area (Å²) >= 11 is 0. The molecule has 2 rings (SSSR count). The van der Waals surface area contributed by atoms with Gasteiger partial charge in [-0.25, -0.2) is 4.79 Å². The number of hydroxylamine groups is 2. The Morgan fingerprint density at radius 2 is 1.96 bits per heavy atom. The topological polar surface area (TPSA) is 99.8 Å². The van der Waals surface area contributed by atoms with Crippen molar-refractivity contribution in [3.8, 4) is 0 Å². The van der Waals surface area contributed by atoms with Crippen molar-refractivity contribution >= 4 is 18.3 Å². The number of hydrogen-bond acceptors (Lipinski definition) is 6. The molecule has 0 bridgehead atoms. The van der Waals surface area contributed by atoms with Gasteiger partial charge in [0.05, 0.1) is 6.54 Å². The van der Waals surface area contributed by atoms with Crippen LogP contribution in [0.1, 0.15) is 24.8 Å². The van der Waals surface area contributed by atoms with Crippen LogP contribution in [0.5, 0.6) is 0 Å². The molecule has 2 amide bonds. The van der Waals surface area contributed by atoms with E-state index in [0.717, 1.165) is 19.3 Å². The Kier molecular flexibility index (Phi) is 8.22. The molecule has 1 aliphatic rings. The van der Waals surface area contributed by atoms with Gasteiger partial charge in [0.2, 0.25) is 5.91 Å². The fourth-order valence-corrected chi connectivity index (χ4v) is 3.11. The normalized spacial score (nSPS) is 14.9. The summed E-state index contributed by atoms with van der Waals surface area (Å²) in [5.41, 5.74) is 1.24. The van der Waals surface area contributed by atoms with Crippen molar-refractivity contribution in [3.05, 3.63) is 35.9 Å². The second-order valence-corrected chi connectivity index (χ2v) is 6.67. The van der Waals surface area contributed by atoms with Crippen molar-refractivity contribution in [1.82, 2.24) is 21.0 Å². The number of nitrogens with one attached hydrogen (secondary N) is 3. The monoisotopic (exact) mass is 376 g/mol. The minimum atomic E-state index is -0.759. The summed E-state index contributed by atoms with van der Waals surface area (Å²) in [5, 5.41) is 9.49. The lowest BCUT2D eigenvalue weighted by molar-refractivity contribution is -0.139. The van der Waals surface area contributed by atoms with E-state index in [1.807, 2.05) is 18.2 Å². The summed E-state index contributed by atoms with van der Waals surface area (Å²) in [4.78, 5) is 39.4. The highest BCUT2D eigenvalue weighted by Gasteiger charge is 2.38. The predicted octanol–water partition coefficient (Wildman–Crippen LogP) is 0.586. The van der Waals surface area contributed by atoms with E-state index in [-0.39, 0.29) is 24.4 Å². The van der Waals surface area contributed by atoms with Gasteiger partial charge in [0.25, 0.3) is 0 Å². The molecule has 1 aromatic rings. The maximum atomic E-state index is 12.4. The molecule has 27 heavy (non-hydrogen) atoms. The van der Waals surface area contributed by atoms with Gasteiger partial charge < -0.3 is 25.6 Å². The lowest BCUT2D eigenvalue weighted by Crippen LogP contribution is -2.49. The van der Waals surface area contributed by atoms with E-state index in [1.54, 1.807) is 7.05 Å². The van der Waals surface area contributed by atoms with E-state index >= 15 is 0 Å². The Morgan fingerprint density at radius 1 is 1.22 bits per heavy atom. The van der Waals surface area contributed by atoms with E-state index < -0.39 is 6.09 Å². The molecule has 148 valence electrons. The second-order valence-electron chi connectivity index (χ2n) is 6.67. The van der Waals surface area contributed by atoms with Crippen LogP contribution < -0.4 is 16.0 Å². The van der Waals surface area contributed by atoms with Gasteiger partial charge in [0.15, 0.2) is 0 Å². The van der Waals surface area contributed by atoms with Crippen molar-refractivity contribution in [2.24, 2.45) is 0 Å². The molecule has 0 spiro atoms. The zero-order valence-electron chi connectivity index (χ0n) is 15.7. The maximum absolute atomic E-state index is 12.4. The average Bonchev–Trinajstić information content (AvgIpc) is 2.64. The third kappa shape index (κ3) is 6.33. The molecule has 0 aliphatic heterocycles. The number of likely N-dealkylation sites (N-methyl/N-ethyl adjacent to an activating group) is 1. The van der Waals surface area contributed by atoms with Crippen molar-refractivity contribution in [1.29, 1.82) is 0 Å². The van der Waals surface area contributed by atoms with Crippen LogP contribution in [0.15, 0.2) is 30.3 Å². The van der Waals surface area contributed by atoms with Gasteiger partial charge in [-0.15, -0.1) is 5.06 Å². The number of amides is 2. The van der Waals surface area contributed by atoms with Crippen LogP contribution in [-0.4, -0.2) is 63.1 Å². The minimum Gasteiger partial charge on any atom is -0.354 e. The van der Waals surface area contributed by atoms with Gasteiger partial charge in [-0.2, -0.15) is 0 Å². The van der Waals surface area contributed by atoms with Crippen molar-refractivity contribution < 1.29 is 19.2 Å². The Bertz CT molecular complexity index is 619. The van der Waals surface area contributed by atoms with E-state index in [4.69, 9.17) is 4.84 Å². The highest BCUT2D eigenvalue weighted by atomic mass is 16.7. The van der Waals surface area contributed by atoms with Crippen LogP contribution in [-0.2, 0) is 19.8 Å². The van der Waals surface area contributed by atoms with Crippen LogP contribution in [0.3, 0.4) is 0 Å². The van der Waals surface area contributed by atoms with Gasteiger partial charge in [0, 0.05) is 25.0 Å². The van der Waals surface area contributed by atoms with E-state index in [0.29, 0.717) is 25.9 Å². The number of nitrogens with zero attached hydrogens (tertiary/aromatic N) is 1. The molecule has 8 nitrogen and oxygen atoms in total. The molecule has 1 saturated carbocycles. The predicted molar refractivity (Wildman–Crippen MR) is 101 cm³/mol. The second kappa shape index (κ2) is 10.6. The van der Waals surface area contributed by atoms with Gasteiger partial charge in [0.1, 0.15) is 12.8 Å². The van der Waals surface area contributed by atoms with Crippen molar-refractivity contribution in [2.45, 2.75) is 24.7 Å². The highest BCUT2D eigenvalue weighted by Crippen LogP contribution is 2.43. The zero-order chi connectivity index (χ0) is 19.5. The average molecular weight is 376 g/mol. The molecule has 1 aliphatic carbocycles. The summed E-state index contributed by atoms with van der Waals surface area (Å²) in [6.07, 6.45) is 3.05. The van der Waals surface area contributed by atoms with Crippen molar-refractivity contribution in [2.75, 3.05) is 39.8 Å². The largest absolute Gasteiger partial charge is 0.426 e. The summed E-state index contributed by atoms with van der Waals surface area (Å²) in [5.74, 6) is -0.212. The highest BCUT2D eigenvalue weighted by molar-refractivity contribution is 5.78. The molecule has 1 aromatic carbocycles. The van der Waals surface area contributed by atoms with Crippen LogP contribution in [0.2, 0.25) is 0 Å². The Balaban J connectivity index is 1.86. The standard InChI is InChI=1S/C19H28N4O4/c1-20-10-12-23(27-18(26)21-11-13-24)14-17(25)22-15-19(8-5-9-19)16-6-3-2-4-7-16/h2-4,6-7,13,20H,5,8-12,14-15H2,1H3,(H,21,26)(H,22,25). The molecule has 0 atom stereocenters. The van der Waals surface area contributed by atoms with Gasteiger partial charge in [-0.05, 0) is 25.5 Å². The molecule has 0 heterocycles. The lowest BCUT2D eigenvalue weighted by atomic mass is 9.64. The summed E-state index contributed by atoms with van der Waals surface area (Å²) in [6.45, 7) is 1.25. The molecule has 0 radical (unpaired) electrons. The SMILES string of the molecule is CNCCN(CC(=O)NCC1(c2ccccc2)CCC1)OC(=O)NCC=O. The number of carbonyl (C=O) groups excluding carboxylic acids is 3. The molecule has 3 N–H and O–H groups in total. The summed E-state index contributed by atoms with van der Waals surface area (Å²) in [7, 11) is 1.77. The smallest absolute Gasteiger partial charge is 0.354 e. The zero-order valence-corrected chi connectivity index (χ0v) is 15.7. The first-order valence-electron chi connectivity index (χ1n) is 9.21. The maximum Gasteiger partial charge on any atom is 0.426 e. The lowest BCUT2D eigenvalue weighted by Gasteiger charge is -2.42. The fraction of sp³-hybridized carbons (Fsp3) is 0.526. The fourth-order valence-electron chi connectivity index (χ4n) is 3.11. The van der Waals surface area contributed by atoms with Crippen LogP contribution in [0.25, 0.3) is 0 Å². The van der Waals surface area contributed by atoms with Crippen LogP contribution in [0.4, 0.5) is 4.79 Å². The first-order chi connectivity index (χ1) is 13.1. The van der Waals surface area contributed by atoms with Crippen LogP contribution >= 0.6 is 0 Å². The minimum absolute atomic E-state index is 0.00504. The van der Waals surface area contributed by atoms with Gasteiger partial charge in [-0.3, -0.25) is 4.79 Å². The molecule has 8 heteroatoms. The Labute approximate surface area is 159 Å². The summed E-state index contributed by atoms with van der Waals surface area (Å²) in [6, 6.07) is 10.2. The Morgan fingerprint density at radius 3 is 2.56 bits per heavy atom. The molecule has 0 aromatic heterocycles. The van der Waals surface area contributed by atoms with E-state index in [1.165, 1.54) is 10.6 Å². The first-order valence-corrected chi connectivity index (χ1v) is 9.21. The molecule has 0 saturated heterocycles. The molecular formula is C19H28N4O4. The third-order valence-electron chi connectivity index (χ3n) is 4.79. The number of hydrogen-bond donors (Lipinski definition) is 3. The van der Waals surface area contributed by atoms with Gasteiger partial charge >= 0.3 is 6.09 Å². The number of benzene rings is 1. The summed E-state index contributed by atoms with van der Waals surface area (Å²) < 4.78 is 0. The van der Waals surface area contributed by atoms with E-state index in [2.05, 4.69) is 28.1 Å². The quantitative estimate of drug-likeness (QED) is 0.386.